The van der Waals surface area contributed by atoms with Gasteiger partial charge in [0, 0.05) is 27.4 Å². The highest BCUT2D eigenvalue weighted by molar-refractivity contribution is 7.12. The summed E-state index contributed by atoms with van der Waals surface area (Å²) in [4.78, 5) is 15.6. The molecule has 0 radical (unpaired) electrons. The van der Waals surface area contributed by atoms with Gasteiger partial charge in [0.1, 0.15) is 0 Å². The quantitative estimate of drug-likeness (QED) is 0.660. The minimum atomic E-state index is -0.0804. The van der Waals surface area contributed by atoms with Gasteiger partial charge in [-0.3, -0.25) is 4.79 Å². The van der Waals surface area contributed by atoms with Crippen molar-refractivity contribution in [2.75, 3.05) is 10.6 Å². The number of anilines is 2. The summed E-state index contributed by atoms with van der Waals surface area (Å²) < 4.78 is 0. The summed E-state index contributed by atoms with van der Waals surface area (Å²) in [7, 11) is 0. The van der Waals surface area contributed by atoms with Gasteiger partial charge in [0.25, 0.3) is 0 Å². The van der Waals surface area contributed by atoms with Crippen LogP contribution in [0, 0.1) is 26.2 Å². The van der Waals surface area contributed by atoms with E-state index in [9.17, 15) is 4.79 Å². The third-order valence-electron chi connectivity index (χ3n) is 5.47. The molecule has 2 aromatic rings. The number of thiophene rings is 1. The van der Waals surface area contributed by atoms with Crippen LogP contribution in [0.15, 0.2) is 35.5 Å². The maximum atomic E-state index is 13.1. The highest BCUT2D eigenvalue weighted by Crippen LogP contribution is 2.46. The van der Waals surface area contributed by atoms with E-state index in [2.05, 4.69) is 69.5 Å². The fourth-order valence-corrected chi connectivity index (χ4v) is 4.97. The van der Waals surface area contributed by atoms with Crippen molar-refractivity contribution in [2.45, 2.75) is 53.5 Å². The minimum Gasteiger partial charge on any atom is -0.372 e. The second-order valence-electron chi connectivity index (χ2n) is 8.47. The topological polar surface area (TPSA) is 41.1 Å². The number of benzene rings is 1. The molecule has 4 rings (SSSR count). The number of aryl methyl sites for hydroxylation is 3. The van der Waals surface area contributed by atoms with Gasteiger partial charge >= 0.3 is 0 Å². The van der Waals surface area contributed by atoms with Gasteiger partial charge in [-0.15, -0.1) is 11.3 Å². The molecule has 2 heterocycles. The van der Waals surface area contributed by atoms with Gasteiger partial charge in [0.05, 0.1) is 17.4 Å². The van der Waals surface area contributed by atoms with Gasteiger partial charge < -0.3 is 10.6 Å². The lowest BCUT2D eigenvalue weighted by molar-refractivity contribution is -0.118. The van der Waals surface area contributed by atoms with Crippen LogP contribution >= 0.6 is 11.3 Å². The highest BCUT2D eigenvalue weighted by Gasteiger charge is 2.39. The number of hydrogen-bond donors (Lipinski definition) is 2. The largest absolute Gasteiger partial charge is 0.372 e. The van der Waals surface area contributed by atoms with Gasteiger partial charge in [-0.1, -0.05) is 13.8 Å². The fourth-order valence-electron chi connectivity index (χ4n) is 4.03. The van der Waals surface area contributed by atoms with E-state index in [1.807, 2.05) is 0 Å². The first-order chi connectivity index (χ1) is 12.2. The summed E-state index contributed by atoms with van der Waals surface area (Å²) in [5, 5.41) is 7.31. The molecule has 0 bridgehead atoms. The molecule has 1 aromatic carbocycles. The minimum absolute atomic E-state index is 0.0108. The third-order valence-corrected chi connectivity index (χ3v) is 6.54. The molecule has 1 aliphatic heterocycles. The number of fused-ring (bicyclic) bond motifs is 1. The van der Waals surface area contributed by atoms with Crippen molar-refractivity contribution in [3.63, 3.8) is 0 Å². The monoisotopic (exact) mass is 366 g/mol. The zero-order valence-corrected chi connectivity index (χ0v) is 16.9. The summed E-state index contributed by atoms with van der Waals surface area (Å²) in [6, 6.07) is 8.60. The van der Waals surface area contributed by atoms with Crippen LogP contribution in [0.1, 0.15) is 53.6 Å². The van der Waals surface area contributed by atoms with Gasteiger partial charge in [-0.2, -0.15) is 0 Å². The Morgan fingerprint density at radius 1 is 1.04 bits per heavy atom. The van der Waals surface area contributed by atoms with Gasteiger partial charge in [-0.05, 0) is 68.0 Å². The first-order valence-electron chi connectivity index (χ1n) is 9.21. The van der Waals surface area contributed by atoms with E-state index in [1.165, 1.54) is 20.9 Å². The zero-order valence-electron chi connectivity index (χ0n) is 16.1. The van der Waals surface area contributed by atoms with Crippen molar-refractivity contribution in [3.8, 4) is 0 Å². The number of carbonyl (C=O) groups excluding carboxylic acids is 1. The van der Waals surface area contributed by atoms with Crippen LogP contribution in [-0.4, -0.2) is 5.78 Å². The first-order valence-corrected chi connectivity index (χ1v) is 10.0. The van der Waals surface area contributed by atoms with E-state index < -0.39 is 0 Å². The zero-order chi connectivity index (χ0) is 18.6. The lowest BCUT2D eigenvalue weighted by Gasteiger charge is -2.33. The molecular formula is C22H26N2OS. The van der Waals surface area contributed by atoms with Crippen molar-refractivity contribution in [2.24, 2.45) is 5.41 Å². The lowest BCUT2D eigenvalue weighted by Crippen LogP contribution is -2.31. The van der Waals surface area contributed by atoms with Crippen LogP contribution in [-0.2, 0) is 4.79 Å². The van der Waals surface area contributed by atoms with Gasteiger partial charge in [0.2, 0.25) is 0 Å². The Morgan fingerprint density at radius 3 is 2.38 bits per heavy atom. The van der Waals surface area contributed by atoms with E-state index in [-0.39, 0.29) is 17.2 Å². The van der Waals surface area contributed by atoms with Crippen LogP contribution in [0.2, 0.25) is 0 Å². The van der Waals surface area contributed by atoms with Crippen molar-refractivity contribution in [3.05, 3.63) is 56.4 Å². The van der Waals surface area contributed by atoms with E-state index >= 15 is 0 Å². The smallest absolute Gasteiger partial charge is 0.163 e. The van der Waals surface area contributed by atoms with Crippen LogP contribution in [0.4, 0.5) is 11.4 Å². The maximum absolute atomic E-state index is 13.1. The molecular weight excluding hydrogens is 340 g/mol. The second-order valence-corrected chi connectivity index (χ2v) is 9.79. The molecule has 0 unspecified atom stereocenters. The molecule has 0 saturated carbocycles. The normalized spacial score (nSPS) is 21.4. The Morgan fingerprint density at radius 2 is 1.73 bits per heavy atom. The first kappa shape index (κ1) is 17.3. The van der Waals surface area contributed by atoms with E-state index in [4.69, 9.17) is 0 Å². The summed E-state index contributed by atoms with van der Waals surface area (Å²) in [5.41, 5.74) is 6.64. The molecule has 4 heteroatoms. The average molecular weight is 367 g/mol. The molecule has 1 aliphatic carbocycles. The molecule has 0 fully saturated rings. The summed E-state index contributed by atoms with van der Waals surface area (Å²) in [6.45, 7) is 10.7. The SMILES string of the molecule is Cc1ccc([C@H]2Nc3cc(C)c(C)cc3NC3=C2C(=O)CC(C)(C)C3)s1. The van der Waals surface area contributed by atoms with E-state index in [0.717, 1.165) is 29.1 Å². The van der Waals surface area contributed by atoms with Crippen molar-refractivity contribution in [1.82, 2.24) is 0 Å². The Bertz CT molecular complexity index is 936. The molecule has 1 atom stereocenters. The van der Waals surface area contributed by atoms with Crippen LogP contribution < -0.4 is 10.6 Å². The standard InChI is InChI=1S/C22H26N2OS/c1-12-8-15-16(9-13(12)2)24-21(19-7-6-14(3)26-19)20-17(23-15)10-22(4,5)11-18(20)25/h6-9,21,23-24H,10-11H2,1-5H3/t21-/m1/s1. The summed E-state index contributed by atoms with van der Waals surface area (Å²) >= 11 is 1.77. The summed E-state index contributed by atoms with van der Waals surface area (Å²) in [5.74, 6) is 0.258. The predicted molar refractivity (Wildman–Crippen MR) is 110 cm³/mol. The Labute approximate surface area is 159 Å². The molecule has 2 N–H and O–H groups in total. The van der Waals surface area contributed by atoms with Crippen LogP contribution in [0.25, 0.3) is 0 Å². The van der Waals surface area contributed by atoms with Crippen molar-refractivity contribution >= 4 is 28.5 Å². The van der Waals surface area contributed by atoms with Gasteiger partial charge in [0.15, 0.2) is 5.78 Å². The third kappa shape index (κ3) is 2.96. The number of hydrogen-bond acceptors (Lipinski definition) is 4. The summed E-state index contributed by atoms with van der Waals surface area (Å²) in [6.07, 6.45) is 1.49. The van der Waals surface area contributed by atoms with Crippen molar-refractivity contribution in [1.29, 1.82) is 0 Å². The fraction of sp³-hybridized carbons (Fsp3) is 0.409. The van der Waals surface area contributed by atoms with E-state index in [1.54, 1.807) is 11.3 Å². The number of ketones is 1. The molecule has 2 aliphatic rings. The molecule has 0 spiro atoms. The maximum Gasteiger partial charge on any atom is 0.163 e. The second kappa shape index (κ2) is 5.98. The molecule has 0 amide bonds. The number of Topliss-reactive ketones (excluding diaryl/α,β-unsaturated/α-hetero) is 1. The number of nitrogens with one attached hydrogen (secondary N) is 2. The number of carbonyl (C=O) groups is 1. The molecule has 26 heavy (non-hydrogen) atoms. The number of allylic oxidation sites excluding steroid dienone is 1. The predicted octanol–water partition coefficient (Wildman–Crippen LogP) is 5.90. The van der Waals surface area contributed by atoms with Crippen LogP contribution in [0.5, 0.6) is 0 Å². The Balaban J connectivity index is 1.90. The number of rotatable bonds is 1. The van der Waals surface area contributed by atoms with Crippen LogP contribution in [0.3, 0.4) is 0 Å². The van der Waals surface area contributed by atoms with Gasteiger partial charge in [-0.25, -0.2) is 0 Å². The lowest BCUT2D eigenvalue weighted by atomic mass is 9.74. The molecule has 0 saturated heterocycles. The van der Waals surface area contributed by atoms with E-state index in [0.29, 0.717) is 6.42 Å². The van der Waals surface area contributed by atoms with Crippen molar-refractivity contribution < 1.29 is 4.79 Å². The molecule has 3 nitrogen and oxygen atoms in total. The molecule has 1 aromatic heterocycles. The molecule has 136 valence electrons. The Kier molecular flexibility index (Phi) is 3.99. The average Bonchev–Trinajstić information content (AvgIpc) is 2.89. The highest BCUT2D eigenvalue weighted by atomic mass is 32.1. The Hall–Kier alpha value is -2.07.